The SMILES string of the molecule is CN(C(=O)Nc1nc2c(s1)C(=O)CC(C)(C)C2)C(=O)C(=O)O.[LiH]. The Labute approximate surface area is 148 Å². The second kappa shape index (κ2) is 6.82. The fourth-order valence-corrected chi connectivity index (χ4v) is 3.09. The predicted molar refractivity (Wildman–Crippen MR) is 85.1 cm³/mol. The fourth-order valence-electron chi connectivity index (χ4n) is 2.18. The van der Waals surface area contributed by atoms with Gasteiger partial charge in [0.25, 0.3) is 0 Å². The van der Waals surface area contributed by atoms with E-state index in [0.29, 0.717) is 28.3 Å². The number of anilines is 1. The molecule has 0 aliphatic heterocycles. The van der Waals surface area contributed by atoms with Crippen LogP contribution in [-0.2, 0) is 16.0 Å². The average molecular weight is 333 g/mol. The number of amides is 3. The normalized spacial score (nSPS) is 15.2. The molecule has 1 aliphatic rings. The quantitative estimate of drug-likeness (QED) is 0.578. The number of aromatic nitrogens is 1. The molecule has 10 heteroatoms. The Bertz CT molecular complexity index is 685. The number of hydrogen-bond donors (Lipinski definition) is 2. The van der Waals surface area contributed by atoms with Gasteiger partial charge in [0.15, 0.2) is 10.9 Å². The van der Waals surface area contributed by atoms with Gasteiger partial charge in [-0.1, -0.05) is 25.2 Å². The number of carbonyl (C=O) groups is 4. The van der Waals surface area contributed by atoms with Gasteiger partial charge in [-0.2, -0.15) is 0 Å². The van der Waals surface area contributed by atoms with Crippen LogP contribution in [0.3, 0.4) is 0 Å². The molecule has 0 radical (unpaired) electrons. The summed E-state index contributed by atoms with van der Waals surface area (Å²) in [5.41, 5.74) is 0.434. The van der Waals surface area contributed by atoms with Crippen LogP contribution in [0.1, 0.15) is 35.6 Å². The van der Waals surface area contributed by atoms with Crippen molar-refractivity contribution in [2.24, 2.45) is 5.41 Å². The van der Waals surface area contributed by atoms with E-state index in [1.54, 1.807) is 0 Å². The number of carboxylic acids is 1. The third-order valence-corrected chi connectivity index (χ3v) is 4.30. The molecule has 0 aromatic carbocycles. The third kappa shape index (κ3) is 4.19. The molecule has 0 fully saturated rings. The first-order valence-corrected chi connectivity index (χ1v) is 7.27. The van der Waals surface area contributed by atoms with E-state index in [2.05, 4.69) is 10.3 Å². The van der Waals surface area contributed by atoms with Crippen molar-refractivity contribution in [3.05, 3.63) is 10.6 Å². The van der Waals surface area contributed by atoms with Crippen LogP contribution >= 0.6 is 11.3 Å². The average Bonchev–Trinajstić information content (AvgIpc) is 2.77. The summed E-state index contributed by atoms with van der Waals surface area (Å²) in [6.07, 6.45) is 1.03. The molecule has 2 rings (SSSR count). The first-order chi connectivity index (χ1) is 10.1. The Balaban J connectivity index is 0.00000264. The summed E-state index contributed by atoms with van der Waals surface area (Å²) in [6.45, 7) is 3.93. The molecule has 8 nitrogen and oxygen atoms in total. The number of fused-ring (bicyclic) bond motifs is 1. The Kier molecular flexibility index (Phi) is 5.74. The molecule has 0 saturated heterocycles. The number of imide groups is 1. The van der Waals surface area contributed by atoms with Crippen LogP contribution in [0.5, 0.6) is 0 Å². The number of nitrogens with zero attached hydrogens (tertiary/aromatic N) is 2. The van der Waals surface area contributed by atoms with Gasteiger partial charge in [0, 0.05) is 13.5 Å². The van der Waals surface area contributed by atoms with Crippen LogP contribution in [0.2, 0.25) is 0 Å². The van der Waals surface area contributed by atoms with Gasteiger partial charge in [0.05, 0.1) is 10.6 Å². The summed E-state index contributed by atoms with van der Waals surface area (Å²) >= 11 is 1.03. The van der Waals surface area contributed by atoms with Crippen molar-refractivity contribution in [3.8, 4) is 0 Å². The van der Waals surface area contributed by atoms with E-state index in [9.17, 15) is 19.2 Å². The molecule has 1 aromatic rings. The Morgan fingerprint density at radius 1 is 1.30 bits per heavy atom. The van der Waals surface area contributed by atoms with Crippen LogP contribution < -0.4 is 5.32 Å². The number of thiazole rings is 1. The van der Waals surface area contributed by atoms with Gasteiger partial charge >= 0.3 is 36.8 Å². The first-order valence-electron chi connectivity index (χ1n) is 6.45. The van der Waals surface area contributed by atoms with E-state index in [0.717, 1.165) is 18.4 Å². The zero-order chi connectivity index (χ0) is 16.7. The molecule has 1 aromatic heterocycles. The second-order valence-electron chi connectivity index (χ2n) is 5.84. The standard InChI is InChI=1S/C13H15N3O5S.Li.H/c1-13(2)4-6-8(7(17)5-13)22-11(14-6)15-12(21)16(3)9(18)10(19)20;;/h4-5H2,1-3H3,(H,19,20)(H,14,15,21);;. The second-order valence-corrected chi connectivity index (χ2v) is 6.83. The molecular formula is C13H16LiN3O5S. The first kappa shape index (κ1) is 19.4. The molecule has 1 heterocycles. The minimum atomic E-state index is -1.73. The van der Waals surface area contributed by atoms with Crippen molar-refractivity contribution >= 4 is 59.0 Å². The monoisotopic (exact) mass is 333 g/mol. The molecule has 120 valence electrons. The summed E-state index contributed by atoms with van der Waals surface area (Å²) < 4.78 is 0. The van der Waals surface area contributed by atoms with Crippen molar-refractivity contribution in [1.82, 2.24) is 9.88 Å². The number of hydrogen-bond acceptors (Lipinski definition) is 6. The van der Waals surface area contributed by atoms with E-state index in [1.165, 1.54) is 0 Å². The number of rotatable bonds is 1. The summed E-state index contributed by atoms with van der Waals surface area (Å²) in [7, 11) is 1.05. The number of carboxylic acid groups (broad SMARTS) is 1. The van der Waals surface area contributed by atoms with Crippen molar-refractivity contribution in [2.75, 3.05) is 12.4 Å². The van der Waals surface area contributed by atoms with E-state index >= 15 is 0 Å². The van der Waals surface area contributed by atoms with Gasteiger partial charge in [-0.15, -0.1) is 0 Å². The number of carbonyl (C=O) groups excluding carboxylic acids is 3. The van der Waals surface area contributed by atoms with Gasteiger partial charge in [0.2, 0.25) is 0 Å². The van der Waals surface area contributed by atoms with E-state index < -0.39 is 17.9 Å². The maximum atomic E-state index is 12.0. The Morgan fingerprint density at radius 3 is 2.48 bits per heavy atom. The zero-order valence-corrected chi connectivity index (χ0v) is 13.1. The molecule has 0 atom stereocenters. The van der Waals surface area contributed by atoms with E-state index in [4.69, 9.17) is 5.11 Å². The Hall–Kier alpha value is -1.69. The van der Waals surface area contributed by atoms with Crippen LogP contribution in [0.4, 0.5) is 9.93 Å². The summed E-state index contributed by atoms with van der Waals surface area (Å²) in [5, 5.41) is 11.1. The van der Waals surface area contributed by atoms with Crippen molar-refractivity contribution in [2.45, 2.75) is 26.7 Å². The number of urea groups is 1. The molecule has 0 unspecified atom stereocenters. The van der Waals surface area contributed by atoms with Crippen molar-refractivity contribution in [1.29, 1.82) is 0 Å². The van der Waals surface area contributed by atoms with Gasteiger partial charge in [0.1, 0.15) is 0 Å². The predicted octanol–water partition coefficient (Wildman–Crippen LogP) is 0.725. The number of nitrogens with one attached hydrogen (secondary N) is 1. The van der Waals surface area contributed by atoms with Crippen molar-refractivity contribution in [3.63, 3.8) is 0 Å². The summed E-state index contributed by atoms with van der Waals surface area (Å²) in [4.78, 5) is 50.7. The topological polar surface area (TPSA) is 117 Å². The molecular weight excluding hydrogens is 317 g/mol. The zero-order valence-electron chi connectivity index (χ0n) is 12.3. The summed E-state index contributed by atoms with van der Waals surface area (Å²) in [6, 6.07) is -0.912. The number of Topliss-reactive ketones (excluding diaryl/α,β-unsaturated/α-hetero) is 1. The van der Waals surface area contributed by atoms with E-state index in [1.807, 2.05) is 13.8 Å². The molecule has 0 spiro atoms. The Morgan fingerprint density at radius 2 is 1.91 bits per heavy atom. The van der Waals surface area contributed by atoms with Gasteiger partial charge < -0.3 is 5.11 Å². The van der Waals surface area contributed by atoms with E-state index in [-0.39, 0.29) is 35.2 Å². The maximum absolute atomic E-state index is 12.0. The number of ketones is 1. The minimum absolute atomic E-state index is 0. The summed E-state index contributed by atoms with van der Waals surface area (Å²) in [5.74, 6) is -3.11. The van der Waals surface area contributed by atoms with Gasteiger partial charge in [-0.25, -0.2) is 14.6 Å². The molecule has 0 saturated carbocycles. The van der Waals surface area contributed by atoms with Gasteiger partial charge in [-0.05, 0) is 11.8 Å². The molecule has 0 bridgehead atoms. The molecule has 2 N–H and O–H groups in total. The fraction of sp³-hybridized carbons (Fsp3) is 0.462. The number of aliphatic carboxylic acids is 1. The molecule has 23 heavy (non-hydrogen) atoms. The van der Waals surface area contributed by atoms with Gasteiger partial charge in [-0.3, -0.25) is 19.8 Å². The van der Waals surface area contributed by atoms with Crippen LogP contribution in [-0.4, -0.2) is 64.6 Å². The molecule has 3 amide bonds. The third-order valence-electron chi connectivity index (χ3n) is 3.24. The van der Waals surface area contributed by atoms with Crippen LogP contribution in [0, 0.1) is 5.41 Å². The van der Waals surface area contributed by atoms with Crippen LogP contribution in [0.25, 0.3) is 0 Å². The van der Waals surface area contributed by atoms with Crippen molar-refractivity contribution < 1.29 is 24.3 Å². The number of likely N-dealkylation sites (N-methyl/N-ethyl adjacent to an activating group) is 1. The molecule has 1 aliphatic carbocycles. The van der Waals surface area contributed by atoms with Crippen LogP contribution in [0.15, 0.2) is 0 Å².